The second kappa shape index (κ2) is 6.18. The molecule has 0 aromatic carbocycles. The van der Waals surface area contributed by atoms with E-state index in [0.717, 1.165) is 0 Å². The number of hydrogen-bond acceptors (Lipinski definition) is 6. The monoisotopic (exact) mass is 284 g/mol. The minimum atomic E-state index is -1.46. The van der Waals surface area contributed by atoms with Crippen molar-refractivity contribution in [2.75, 3.05) is 6.61 Å². The van der Waals surface area contributed by atoms with Gasteiger partial charge in [0.25, 0.3) is 11.8 Å². The summed E-state index contributed by atoms with van der Waals surface area (Å²) >= 11 is 0. The van der Waals surface area contributed by atoms with Crippen LogP contribution in [0.1, 0.15) is 26.7 Å². The Hall–Kier alpha value is -2.38. The zero-order valence-corrected chi connectivity index (χ0v) is 11.3. The van der Waals surface area contributed by atoms with E-state index in [1.165, 1.54) is 19.9 Å². The summed E-state index contributed by atoms with van der Waals surface area (Å²) in [6.07, 6.45) is 0.528. The Balaban J connectivity index is 2.60. The first-order valence-corrected chi connectivity index (χ1v) is 5.92. The number of ether oxygens (including phenoxy) is 1. The number of nitrogens with zero attached hydrogens (tertiary/aromatic N) is 1. The summed E-state index contributed by atoms with van der Waals surface area (Å²) < 4.78 is 4.67. The molecule has 0 radical (unpaired) electrons. The topological polar surface area (TPSA) is 102 Å². The first kappa shape index (κ1) is 15.7. The molecule has 20 heavy (non-hydrogen) atoms. The molecule has 0 aromatic rings. The van der Waals surface area contributed by atoms with Crippen molar-refractivity contribution in [1.29, 1.82) is 0 Å². The van der Waals surface area contributed by atoms with Gasteiger partial charge in [0, 0.05) is 12.8 Å². The van der Waals surface area contributed by atoms with Gasteiger partial charge < -0.3 is 14.9 Å². The summed E-state index contributed by atoms with van der Waals surface area (Å²) in [6, 6.07) is 0. The summed E-state index contributed by atoms with van der Waals surface area (Å²) in [7, 11) is 0. The maximum absolute atomic E-state index is 11.9. The summed E-state index contributed by atoms with van der Waals surface area (Å²) in [5, 5.41) is 2.68. The highest BCUT2D eigenvalue weighted by molar-refractivity contribution is 6.02. The molecule has 1 saturated heterocycles. The van der Waals surface area contributed by atoms with Crippen molar-refractivity contribution >= 4 is 23.9 Å². The quantitative estimate of drug-likeness (QED) is 0.575. The normalized spacial score (nSPS) is 15.0. The lowest BCUT2D eigenvalue weighted by atomic mass is 10.1. The number of hydroxylamine groups is 2. The lowest BCUT2D eigenvalue weighted by Gasteiger charge is -2.25. The van der Waals surface area contributed by atoms with E-state index < -0.39 is 29.4 Å². The van der Waals surface area contributed by atoms with Gasteiger partial charge in [-0.15, -0.1) is 5.06 Å². The van der Waals surface area contributed by atoms with E-state index in [1.807, 2.05) is 0 Å². The smallest absolute Gasteiger partial charge is 0.408 e. The molecule has 1 aliphatic rings. The van der Waals surface area contributed by atoms with Gasteiger partial charge in [0.1, 0.15) is 12.1 Å². The Bertz CT molecular complexity index is 441. The average Bonchev–Trinajstić information content (AvgIpc) is 2.67. The first-order chi connectivity index (χ1) is 9.27. The maximum Gasteiger partial charge on any atom is 0.408 e. The average molecular weight is 284 g/mol. The molecule has 110 valence electrons. The van der Waals surface area contributed by atoms with Crippen LogP contribution in [-0.2, 0) is 24.0 Å². The molecule has 1 rings (SSSR count). The molecule has 8 nitrogen and oxygen atoms in total. The lowest BCUT2D eigenvalue weighted by Crippen LogP contribution is -2.52. The van der Waals surface area contributed by atoms with E-state index in [0.29, 0.717) is 5.06 Å². The molecule has 0 aliphatic carbocycles. The van der Waals surface area contributed by atoms with Crippen LogP contribution in [0.25, 0.3) is 0 Å². The van der Waals surface area contributed by atoms with Crippen LogP contribution in [0.2, 0.25) is 0 Å². The highest BCUT2D eigenvalue weighted by Gasteiger charge is 2.39. The Morgan fingerprint density at radius 2 is 1.90 bits per heavy atom. The van der Waals surface area contributed by atoms with Crippen LogP contribution in [0.15, 0.2) is 12.7 Å². The van der Waals surface area contributed by atoms with Crippen LogP contribution in [0.5, 0.6) is 0 Å². The van der Waals surface area contributed by atoms with Gasteiger partial charge in [0.2, 0.25) is 0 Å². The van der Waals surface area contributed by atoms with E-state index in [1.54, 1.807) is 0 Å². The molecule has 1 N–H and O–H groups in total. The standard InChI is InChI=1S/C12H16N2O6/c1-4-7-19-11(18)13-12(2,3)10(17)20-14-8(15)5-6-9(14)16/h4H,1,5-7H2,2-3H3,(H,13,18). The SMILES string of the molecule is C=CCOC(=O)NC(C)(C)C(=O)ON1C(=O)CCC1=O. The van der Waals surface area contributed by atoms with Crippen molar-refractivity contribution in [1.82, 2.24) is 10.4 Å². The Morgan fingerprint density at radius 3 is 2.40 bits per heavy atom. The van der Waals surface area contributed by atoms with E-state index in [4.69, 9.17) is 4.84 Å². The zero-order valence-electron chi connectivity index (χ0n) is 11.3. The largest absolute Gasteiger partial charge is 0.445 e. The van der Waals surface area contributed by atoms with Crippen molar-refractivity contribution in [3.05, 3.63) is 12.7 Å². The maximum atomic E-state index is 11.9. The molecule has 3 amide bonds. The molecule has 0 aromatic heterocycles. The van der Waals surface area contributed by atoms with Gasteiger partial charge in [0.15, 0.2) is 0 Å². The highest BCUT2D eigenvalue weighted by atomic mass is 16.7. The van der Waals surface area contributed by atoms with Crippen molar-refractivity contribution in [3.63, 3.8) is 0 Å². The molecule has 1 aliphatic heterocycles. The van der Waals surface area contributed by atoms with Gasteiger partial charge in [0.05, 0.1) is 0 Å². The number of rotatable bonds is 5. The third-order valence-corrected chi connectivity index (χ3v) is 2.44. The van der Waals surface area contributed by atoms with Gasteiger partial charge in [-0.05, 0) is 13.8 Å². The van der Waals surface area contributed by atoms with Gasteiger partial charge in [-0.25, -0.2) is 9.59 Å². The molecule has 0 spiro atoms. The number of hydrogen-bond donors (Lipinski definition) is 1. The molecule has 8 heteroatoms. The predicted octanol–water partition coefficient (Wildman–Crippen LogP) is 0.284. The molecule has 0 unspecified atom stereocenters. The van der Waals surface area contributed by atoms with Crippen molar-refractivity contribution < 1.29 is 28.8 Å². The highest BCUT2D eigenvalue weighted by Crippen LogP contribution is 2.15. The number of alkyl carbamates (subject to hydrolysis) is 1. The Morgan fingerprint density at radius 1 is 1.35 bits per heavy atom. The fourth-order valence-corrected chi connectivity index (χ4v) is 1.33. The second-order valence-electron chi connectivity index (χ2n) is 4.60. The van der Waals surface area contributed by atoms with Crippen molar-refractivity contribution in [2.24, 2.45) is 0 Å². The third-order valence-electron chi connectivity index (χ3n) is 2.44. The summed E-state index contributed by atoms with van der Waals surface area (Å²) in [4.78, 5) is 50.6. The number of carbonyl (C=O) groups is 4. The molecule has 0 saturated carbocycles. The minimum Gasteiger partial charge on any atom is -0.445 e. The minimum absolute atomic E-state index is 0.00134. The zero-order chi connectivity index (χ0) is 15.3. The van der Waals surface area contributed by atoms with E-state index in [9.17, 15) is 19.2 Å². The molecular weight excluding hydrogens is 268 g/mol. The predicted molar refractivity (Wildman–Crippen MR) is 65.9 cm³/mol. The summed E-state index contributed by atoms with van der Waals surface area (Å²) in [5.41, 5.74) is -1.46. The lowest BCUT2D eigenvalue weighted by molar-refractivity contribution is -0.201. The number of imide groups is 1. The number of carbonyl (C=O) groups excluding carboxylic acids is 4. The molecule has 1 fully saturated rings. The van der Waals surface area contributed by atoms with Crippen LogP contribution in [0, 0.1) is 0 Å². The third kappa shape index (κ3) is 3.81. The summed E-state index contributed by atoms with van der Waals surface area (Å²) in [5.74, 6) is -2.13. The van der Waals surface area contributed by atoms with Gasteiger partial charge in [-0.1, -0.05) is 12.7 Å². The fourth-order valence-electron chi connectivity index (χ4n) is 1.33. The summed E-state index contributed by atoms with van der Waals surface area (Å²) in [6.45, 7) is 6.07. The van der Waals surface area contributed by atoms with Crippen LogP contribution in [0.3, 0.4) is 0 Å². The first-order valence-electron chi connectivity index (χ1n) is 5.92. The van der Waals surface area contributed by atoms with Crippen LogP contribution >= 0.6 is 0 Å². The molecule has 0 bridgehead atoms. The van der Waals surface area contributed by atoms with Gasteiger partial charge in [-0.2, -0.15) is 0 Å². The van der Waals surface area contributed by atoms with Gasteiger partial charge >= 0.3 is 12.1 Å². The number of nitrogens with one attached hydrogen (secondary N) is 1. The van der Waals surface area contributed by atoms with Gasteiger partial charge in [-0.3, -0.25) is 9.59 Å². The van der Waals surface area contributed by atoms with Crippen molar-refractivity contribution in [3.8, 4) is 0 Å². The molecular formula is C12H16N2O6. The van der Waals surface area contributed by atoms with E-state index in [-0.39, 0.29) is 19.4 Å². The number of amides is 3. The van der Waals surface area contributed by atoms with Crippen LogP contribution in [0.4, 0.5) is 4.79 Å². The Kier molecular flexibility index (Phi) is 4.84. The molecule has 0 atom stereocenters. The van der Waals surface area contributed by atoms with E-state index >= 15 is 0 Å². The second-order valence-corrected chi connectivity index (χ2v) is 4.60. The Labute approximate surface area is 115 Å². The van der Waals surface area contributed by atoms with E-state index in [2.05, 4.69) is 16.6 Å². The van der Waals surface area contributed by atoms with Crippen LogP contribution in [-0.4, -0.2) is 41.1 Å². The molecule has 1 heterocycles. The van der Waals surface area contributed by atoms with Crippen LogP contribution < -0.4 is 5.32 Å². The fraction of sp³-hybridized carbons (Fsp3) is 0.500. The van der Waals surface area contributed by atoms with Crippen molar-refractivity contribution in [2.45, 2.75) is 32.2 Å².